The van der Waals surface area contributed by atoms with Gasteiger partial charge in [-0.25, -0.2) is 4.79 Å². The average molecular weight is 415 g/mol. The molecule has 3 aromatic rings. The summed E-state index contributed by atoms with van der Waals surface area (Å²) in [4.78, 5) is 11.9. The summed E-state index contributed by atoms with van der Waals surface area (Å²) in [7, 11) is 0. The molecule has 134 valence electrons. The van der Waals surface area contributed by atoms with Crippen molar-refractivity contribution in [2.24, 2.45) is 0 Å². The molecule has 5 nitrogen and oxygen atoms in total. The first-order valence-corrected chi connectivity index (χ1v) is 9.08. The molecule has 1 amide bonds. The van der Waals surface area contributed by atoms with Gasteiger partial charge in [0.2, 0.25) is 0 Å². The minimum Gasteiger partial charge on any atom is -0.444 e. The number of ether oxygens (including phenoxy) is 1. The molecule has 0 spiro atoms. The summed E-state index contributed by atoms with van der Waals surface area (Å²) in [5.41, 5.74) is 3.53. The van der Waals surface area contributed by atoms with Crippen molar-refractivity contribution in [1.82, 2.24) is 10.5 Å². The molecule has 1 aromatic heterocycles. The van der Waals surface area contributed by atoms with E-state index in [1.165, 1.54) is 5.56 Å². The van der Waals surface area contributed by atoms with Gasteiger partial charge in [0, 0.05) is 16.6 Å². The number of aryl methyl sites for hydroxylation is 1. The smallest absolute Gasteiger partial charge is 0.407 e. The average Bonchev–Trinajstić information content (AvgIpc) is 3.02. The summed E-state index contributed by atoms with van der Waals surface area (Å²) in [6.07, 6.45) is 0.301. The van der Waals surface area contributed by atoms with Gasteiger partial charge in [-0.05, 0) is 31.0 Å². The minimum atomic E-state index is -0.455. The van der Waals surface area contributed by atoms with Gasteiger partial charge in [0.15, 0.2) is 5.76 Å². The standard InChI is InChI=1S/C20H19BrN2O3/c1-14-18(19(26-23-14)16-7-9-17(21)10-8-16)13-25-20(24)22-12-11-15-5-3-2-4-6-15/h2-10H,11-13H2,1H3,(H,22,24). The van der Waals surface area contributed by atoms with E-state index in [-0.39, 0.29) is 6.61 Å². The third-order valence-corrected chi connectivity index (χ3v) is 4.49. The SMILES string of the molecule is Cc1noc(-c2ccc(Br)cc2)c1COC(=O)NCCc1ccccc1. The monoisotopic (exact) mass is 414 g/mol. The number of alkyl carbamates (subject to hydrolysis) is 1. The van der Waals surface area contributed by atoms with Crippen LogP contribution in [0.4, 0.5) is 4.79 Å². The van der Waals surface area contributed by atoms with E-state index in [1.807, 2.05) is 61.5 Å². The molecule has 0 aliphatic heterocycles. The Kier molecular flexibility index (Phi) is 6.07. The van der Waals surface area contributed by atoms with Gasteiger partial charge < -0.3 is 14.6 Å². The molecule has 0 saturated carbocycles. The van der Waals surface area contributed by atoms with Gasteiger partial charge in [-0.1, -0.05) is 63.6 Å². The molecule has 0 radical (unpaired) electrons. The molecule has 3 rings (SSSR count). The quantitative estimate of drug-likeness (QED) is 0.623. The minimum absolute atomic E-state index is 0.109. The van der Waals surface area contributed by atoms with Crippen LogP contribution in [0.1, 0.15) is 16.8 Å². The normalized spacial score (nSPS) is 10.5. The van der Waals surface area contributed by atoms with Crippen molar-refractivity contribution >= 4 is 22.0 Å². The van der Waals surface area contributed by atoms with Crippen molar-refractivity contribution in [3.05, 3.63) is 75.9 Å². The van der Waals surface area contributed by atoms with Gasteiger partial charge in [0.05, 0.1) is 11.3 Å². The number of hydrogen-bond acceptors (Lipinski definition) is 4. The maximum absolute atomic E-state index is 11.9. The van der Waals surface area contributed by atoms with E-state index in [1.54, 1.807) is 0 Å². The predicted molar refractivity (Wildman–Crippen MR) is 103 cm³/mol. The summed E-state index contributed by atoms with van der Waals surface area (Å²) in [5.74, 6) is 0.618. The van der Waals surface area contributed by atoms with Crippen LogP contribution in [0.3, 0.4) is 0 Å². The fourth-order valence-corrected chi connectivity index (χ4v) is 2.79. The highest BCUT2D eigenvalue weighted by Gasteiger charge is 2.16. The Morgan fingerprint density at radius 3 is 2.62 bits per heavy atom. The number of nitrogens with zero attached hydrogens (tertiary/aromatic N) is 1. The van der Waals surface area contributed by atoms with Crippen molar-refractivity contribution in [3.63, 3.8) is 0 Å². The lowest BCUT2D eigenvalue weighted by molar-refractivity contribution is 0.139. The van der Waals surface area contributed by atoms with E-state index in [0.717, 1.165) is 22.0 Å². The maximum atomic E-state index is 11.9. The zero-order chi connectivity index (χ0) is 18.4. The Labute approximate surface area is 160 Å². The summed E-state index contributed by atoms with van der Waals surface area (Å²) >= 11 is 3.41. The predicted octanol–water partition coefficient (Wildman–Crippen LogP) is 4.88. The number of amides is 1. The highest BCUT2D eigenvalue weighted by Crippen LogP contribution is 2.28. The third-order valence-electron chi connectivity index (χ3n) is 3.96. The van der Waals surface area contributed by atoms with E-state index in [9.17, 15) is 4.79 Å². The van der Waals surface area contributed by atoms with Crippen molar-refractivity contribution in [2.45, 2.75) is 20.0 Å². The topological polar surface area (TPSA) is 64.4 Å². The first kappa shape index (κ1) is 18.2. The maximum Gasteiger partial charge on any atom is 0.407 e. The number of carbonyl (C=O) groups is 1. The summed E-state index contributed by atoms with van der Waals surface area (Å²) < 4.78 is 11.7. The van der Waals surface area contributed by atoms with Crippen LogP contribution < -0.4 is 5.32 Å². The van der Waals surface area contributed by atoms with Crippen molar-refractivity contribution < 1.29 is 14.1 Å². The molecule has 0 aliphatic rings. The zero-order valence-corrected chi connectivity index (χ0v) is 16.0. The molecule has 0 saturated heterocycles. The van der Waals surface area contributed by atoms with E-state index >= 15 is 0 Å². The first-order valence-electron chi connectivity index (χ1n) is 8.29. The number of hydrogen-bond donors (Lipinski definition) is 1. The molecule has 6 heteroatoms. The summed E-state index contributed by atoms with van der Waals surface area (Å²) in [6.45, 7) is 2.46. The number of nitrogens with one attached hydrogen (secondary N) is 1. The van der Waals surface area contributed by atoms with Crippen LogP contribution in [0.15, 0.2) is 63.6 Å². The molecule has 2 aromatic carbocycles. The highest BCUT2D eigenvalue weighted by atomic mass is 79.9. The number of carbonyl (C=O) groups excluding carboxylic acids is 1. The second-order valence-electron chi connectivity index (χ2n) is 5.82. The highest BCUT2D eigenvalue weighted by molar-refractivity contribution is 9.10. The van der Waals surface area contributed by atoms with E-state index in [2.05, 4.69) is 26.4 Å². The zero-order valence-electron chi connectivity index (χ0n) is 14.4. The van der Waals surface area contributed by atoms with Crippen LogP contribution in [0.2, 0.25) is 0 Å². The van der Waals surface area contributed by atoms with Crippen molar-refractivity contribution in [1.29, 1.82) is 0 Å². The number of benzene rings is 2. The van der Waals surface area contributed by atoms with Gasteiger partial charge in [0.1, 0.15) is 6.61 Å². The van der Waals surface area contributed by atoms with Gasteiger partial charge in [0.25, 0.3) is 0 Å². The van der Waals surface area contributed by atoms with Gasteiger partial charge >= 0.3 is 6.09 Å². The van der Waals surface area contributed by atoms with Crippen LogP contribution in [0, 0.1) is 6.92 Å². The first-order chi connectivity index (χ1) is 12.6. The number of halogens is 1. The lowest BCUT2D eigenvalue weighted by Gasteiger charge is -2.08. The van der Waals surface area contributed by atoms with Crippen LogP contribution in [-0.2, 0) is 17.8 Å². The van der Waals surface area contributed by atoms with Gasteiger partial charge in [-0.3, -0.25) is 0 Å². The van der Waals surface area contributed by atoms with Gasteiger partial charge in [-0.2, -0.15) is 0 Å². The molecule has 26 heavy (non-hydrogen) atoms. The Hall–Kier alpha value is -2.60. The van der Waals surface area contributed by atoms with Crippen molar-refractivity contribution in [3.8, 4) is 11.3 Å². The van der Waals surface area contributed by atoms with Crippen molar-refractivity contribution in [2.75, 3.05) is 6.54 Å². The molecule has 1 heterocycles. The van der Waals surface area contributed by atoms with Crippen LogP contribution in [0.5, 0.6) is 0 Å². The molecular weight excluding hydrogens is 396 g/mol. The fraction of sp³-hybridized carbons (Fsp3) is 0.200. The largest absolute Gasteiger partial charge is 0.444 e. The second-order valence-corrected chi connectivity index (χ2v) is 6.74. The molecule has 0 bridgehead atoms. The summed E-state index contributed by atoms with van der Waals surface area (Å²) in [6, 6.07) is 17.7. The third kappa shape index (κ3) is 4.73. The molecule has 1 N–H and O–H groups in total. The van der Waals surface area contributed by atoms with E-state index in [0.29, 0.717) is 18.0 Å². The lowest BCUT2D eigenvalue weighted by Crippen LogP contribution is -2.26. The molecule has 0 aliphatic carbocycles. The van der Waals surface area contributed by atoms with E-state index in [4.69, 9.17) is 9.26 Å². The lowest BCUT2D eigenvalue weighted by atomic mass is 10.1. The Balaban J connectivity index is 1.55. The molecule has 0 fully saturated rings. The Morgan fingerprint density at radius 1 is 1.15 bits per heavy atom. The number of aromatic nitrogens is 1. The fourth-order valence-electron chi connectivity index (χ4n) is 2.53. The van der Waals surface area contributed by atoms with Crippen LogP contribution in [-0.4, -0.2) is 17.8 Å². The van der Waals surface area contributed by atoms with Crippen LogP contribution in [0.25, 0.3) is 11.3 Å². The van der Waals surface area contributed by atoms with E-state index < -0.39 is 6.09 Å². The molecular formula is C20H19BrN2O3. The summed E-state index contributed by atoms with van der Waals surface area (Å²) in [5, 5.41) is 6.76. The second kappa shape index (κ2) is 8.67. The Morgan fingerprint density at radius 2 is 1.88 bits per heavy atom. The molecule has 0 unspecified atom stereocenters. The van der Waals surface area contributed by atoms with Crippen LogP contribution >= 0.6 is 15.9 Å². The Bertz CT molecular complexity index is 861. The molecule has 0 atom stereocenters. The van der Waals surface area contributed by atoms with Gasteiger partial charge in [-0.15, -0.1) is 0 Å². The number of rotatable bonds is 6.